The Bertz CT molecular complexity index is 640. The van der Waals surface area contributed by atoms with E-state index in [4.69, 9.17) is 0 Å². The predicted octanol–water partition coefficient (Wildman–Crippen LogP) is -1.08. The van der Waals surface area contributed by atoms with E-state index >= 15 is 0 Å². The molecule has 0 unspecified atom stereocenters. The second kappa shape index (κ2) is 4.52. The molecule has 0 saturated carbocycles. The highest BCUT2D eigenvalue weighted by Crippen LogP contribution is 2.33. The largest absolute Gasteiger partial charge is 0.334 e. The third kappa shape index (κ3) is 2.20. The van der Waals surface area contributed by atoms with Gasteiger partial charge >= 0.3 is 0 Å². The van der Waals surface area contributed by atoms with Crippen LogP contribution in [0.15, 0.2) is 6.33 Å². The van der Waals surface area contributed by atoms with Crippen molar-refractivity contribution in [1.29, 1.82) is 0 Å². The Morgan fingerprint density at radius 3 is 2.75 bits per heavy atom. The van der Waals surface area contributed by atoms with Crippen LogP contribution >= 0.6 is 0 Å². The molecular formula is C11H17N5O3S. The van der Waals surface area contributed by atoms with E-state index in [0.29, 0.717) is 19.6 Å². The van der Waals surface area contributed by atoms with Crippen LogP contribution < -0.4 is 0 Å². The zero-order valence-corrected chi connectivity index (χ0v) is 12.2. The number of fused-ring (bicyclic) bond motifs is 1. The van der Waals surface area contributed by atoms with Gasteiger partial charge in [0.2, 0.25) is 15.8 Å². The summed E-state index contributed by atoms with van der Waals surface area (Å²) >= 11 is 0. The molecule has 0 radical (unpaired) electrons. The van der Waals surface area contributed by atoms with Crippen molar-refractivity contribution in [3.63, 3.8) is 0 Å². The molecule has 2 aliphatic rings. The summed E-state index contributed by atoms with van der Waals surface area (Å²) in [6, 6.07) is -0.0994. The Balaban J connectivity index is 1.76. The fourth-order valence-electron chi connectivity index (χ4n) is 3.08. The van der Waals surface area contributed by atoms with Gasteiger partial charge in [0.05, 0.1) is 6.26 Å². The molecule has 9 heteroatoms. The number of amides is 1. The Morgan fingerprint density at radius 1 is 1.40 bits per heavy atom. The van der Waals surface area contributed by atoms with Crippen LogP contribution in [0.1, 0.15) is 17.0 Å². The molecule has 0 aliphatic carbocycles. The number of rotatable bonds is 2. The SMILES string of the molecule is Cn1cnc(C(=O)N2C[C@H]3CCN(S(C)(=O)=O)[C@H]3C2)n1. The van der Waals surface area contributed by atoms with Crippen LogP contribution in [0.5, 0.6) is 0 Å². The van der Waals surface area contributed by atoms with Crippen molar-refractivity contribution >= 4 is 15.9 Å². The summed E-state index contributed by atoms with van der Waals surface area (Å²) in [4.78, 5) is 17.9. The number of carbonyl (C=O) groups excluding carboxylic acids is 1. The van der Waals surface area contributed by atoms with Crippen molar-refractivity contribution in [3.8, 4) is 0 Å². The van der Waals surface area contributed by atoms with Crippen molar-refractivity contribution in [2.24, 2.45) is 13.0 Å². The average molecular weight is 299 g/mol. The van der Waals surface area contributed by atoms with Crippen molar-refractivity contribution < 1.29 is 13.2 Å². The molecule has 110 valence electrons. The van der Waals surface area contributed by atoms with E-state index in [2.05, 4.69) is 10.1 Å². The van der Waals surface area contributed by atoms with Crippen molar-refractivity contribution in [1.82, 2.24) is 24.0 Å². The minimum Gasteiger partial charge on any atom is -0.334 e. The first kappa shape index (κ1) is 13.5. The van der Waals surface area contributed by atoms with E-state index in [0.717, 1.165) is 6.42 Å². The molecule has 1 aromatic rings. The van der Waals surface area contributed by atoms with Crippen LogP contribution in [0.4, 0.5) is 0 Å². The lowest BCUT2D eigenvalue weighted by molar-refractivity contribution is 0.0766. The zero-order chi connectivity index (χ0) is 14.5. The van der Waals surface area contributed by atoms with Crippen molar-refractivity contribution in [3.05, 3.63) is 12.2 Å². The first-order valence-corrected chi connectivity index (χ1v) is 8.33. The van der Waals surface area contributed by atoms with E-state index in [-0.39, 0.29) is 23.7 Å². The summed E-state index contributed by atoms with van der Waals surface area (Å²) in [6.45, 7) is 1.56. The van der Waals surface area contributed by atoms with Gasteiger partial charge in [0.25, 0.3) is 5.91 Å². The molecule has 1 amide bonds. The lowest BCUT2D eigenvalue weighted by Crippen LogP contribution is -2.40. The number of nitrogens with zero attached hydrogens (tertiary/aromatic N) is 5. The van der Waals surface area contributed by atoms with Gasteiger partial charge in [-0.05, 0) is 12.3 Å². The fourth-order valence-corrected chi connectivity index (χ4v) is 4.25. The number of aromatic nitrogens is 3. The lowest BCUT2D eigenvalue weighted by atomic mass is 10.1. The Kier molecular flexibility index (Phi) is 3.05. The molecule has 0 spiro atoms. The number of sulfonamides is 1. The normalized spacial score (nSPS) is 27.0. The van der Waals surface area contributed by atoms with Gasteiger partial charge in [-0.1, -0.05) is 0 Å². The number of carbonyl (C=O) groups is 1. The maximum atomic E-state index is 12.3. The molecule has 2 saturated heterocycles. The van der Waals surface area contributed by atoms with Crippen LogP contribution in [0.25, 0.3) is 0 Å². The minimum absolute atomic E-state index is 0.0994. The molecule has 20 heavy (non-hydrogen) atoms. The van der Waals surface area contributed by atoms with Gasteiger partial charge < -0.3 is 4.90 Å². The predicted molar refractivity (Wildman–Crippen MR) is 70.4 cm³/mol. The Hall–Kier alpha value is -1.48. The zero-order valence-electron chi connectivity index (χ0n) is 11.4. The maximum absolute atomic E-state index is 12.3. The van der Waals surface area contributed by atoms with Gasteiger partial charge in [-0.15, -0.1) is 5.10 Å². The Labute approximate surface area is 117 Å². The number of aryl methyl sites for hydroxylation is 1. The van der Waals surface area contributed by atoms with Gasteiger partial charge in [0.1, 0.15) is 6.33 Å². The van der Waals surface area contributed by atoms with E-state index < -0.39 is 10.0 Å². The smallest absolute Gasteiger partial charge is 0.293 e. The van der Waals surface area contributed by atoms with Gasteiger partial charge in [-0.2, -0.15) is 4.31 Å². The maximum Gasteiger partial charge on any atom is 0.293 e. The fraction of sp³-hybridized carbons (Fsp3) is 0.727. The Morgan fingerprint density at radius 2 is 2.15 bits per heavy atom. The van der Waals surface area contributed by atoms with Crippen molar-refractivity contribution in [2.75, 3.05) is 25.9 Å². The molecule has 3 rings (SSSR count). The summed E-state index contributed by atoms with van der Waals surface area (Å²) in [5.41, 5.74) is 0. The highest BCUT2D eigenvalue weighted by molar-refractivity contribution is 7.88. The summed E-state index contributed by atoms with van der Waals surface area (Å²) in [7, 11) is -1.50. The van der Waals surface area contributed by atoms with E-state index in [1.54, 1.807) is 11.9 Å². The first-order chi connectivity index (χ1) is 9.36. The number of hydrogen-bond acceptors (Lipinski definition) is 5. The molecule has 2 fully saturated rings. The van der Waals surface area contributed by atoms with E-state index in [1.807, 2.05) is 0 Å². The number of likely N-dealkylation sites (tertiary alicyclic amines) is 1. The average Bonchev–Trinajstić information content (AvgIpc) is 2.99. The minimum atomic E-state index is -3.21. The molecule has 2 atom stereocenters. The topological polar surface area (TPSA) is 88.4 Å². The van der Waals surface area contributed by atoms with Crippen LogP contribution in [0.2, 0.25) is 0 Å². The van der Waals surface area contributed by atoms with Crippen LogP contribution in [0.3, 0.4) is 0 Å². The van der Waals surface area contributed by atoms with Gasteiger partial charge in [-0.3, -0.25) is 9.48 Å². The first-order valence-electron chi connectivity index (χ1n) is 6.48. The molecule has 0 aromatic carbocycles. The van der Waals surface area contributed by atoms with Gasteiger partial charge in [0, 0.05) is 32.7 Å². The highest BCUT2D eigenvalue weighted by atomic mass is 32.2. The molecule has 1 aromatic heterocycles. The standard InChI is InChI=1S/C11H17N5O3S/c1-14-7-12-10(13-14)11(17)15-5-8-3-4-16(9(8)6-15)20(2,18)19/h7-9H,3-6H2,1-2H3/t8-,9+/m1/s1. The third-order valence-corrected chi connectivity index (χ3v) is 5.31. The summed E-state index contributed by atoms with van der Waals surface area (Å²) in [5, 5.41) is 4.00. The molecule has 0 N–H and O–H groups in total. The van der Waals surface area contributed by atoms with Crippen LogP contribution in [-0.4, -0.2) is 70.2 Å². The molecular weight excluding hydrogens is 282 g/mol. The second-order valence-corrected chi connectivity index (χ2v) is 7.38. The monoisotopic (exact) mass is 299 g/mol. The molecule has 3 heterocycles. The van der Waals surface area contributed by atoms with Crippen molar-refractivity contribution in [2.45, 2.75) is 12.5 Å². The summed E-state index contributed by atoms with van der Waals surface area (Å²) < 4.78 is 26.4. The quantitative estimate of drug-likeness (QED) is 0.693. The van der Waals surface area contributed by atoms with E-state index in [1.165, 1.54) is 21.6 Å². The third-order valence-electron chi connectivity index (χ3n) is 4.00. The highest BCUT2D eigenvalue weighted by Gasteiger charge is 2.46. The molecule has 0 bridgehead atoms. The lowest BCUT2D eigenvalue weighted by Gasteiger charge is -2.22. The van der Waals surface area contributed by atoms with Gasteiger partial charge in [0.15, 0.2) is 0 Å². The second-order valence-electron chi connectivity index (χ2n) is 5.44. The van der Waals surface area contributed by atoms with Crippen LogP contribution in [0, 0.1) is 5.92 Å². The summed E-state index contributed by atoms with van der Waals surface area (Å²) in [6.07, 6.45) is 3.50. The molecule has 8 nitrogen and oxygen atoms in total. The molecule has 2 aliphatic heterocycles. The van der Waals surface area contributed by atoms with Crippen LogP contribution in [-0.2, 0) is 17.1 Å². The summed E-state index contributed by atoms with van der Waals surface area (Å²) in [5.74, 6) is 0.157. The van der Waals surface area contributed by atoms with E-state index in [9.17, 15) is 13.2 Å². The van der Waals surface area contributed by atoms with Gasteiger partial charge in [-0.25, -0.2) is 13.4 Å². The number of hydrogen-bond donors (Lipinski definition) is 0.